The second-order valence-corrected chi connectivity index (χ2v) is 12.3. The Labute approximate surface area is 189 Å². The van der Waals surface area contributed by atoms with Crippen LogP contribution in [0.3, 0.4) is 0 Å². The molecule has 0 saturated heterocycles. The fourth-order valence-electron chi connectivity index (χ4n) is 4.24. The fraction of sp³-hybridized carbons (Fsp3) is 0.636. The Morgan fingerprint density at radius 2 is 2.09 bits per heavy atom. The molecule has 0 aliphatic heterocycles. The molecule has 1 aromatic rings. The monoisotopic (exact) mass is 466 g/mol. The predicted molar refractivity (Wildman–Crippen MR) is 126 cm³/mol. The van der Waals surface area contributed by atoms with Crippen LogP contribution in [0.2, 0.25) is 0 Å². The van der Waals surface area contributed by atoms with Gasteiger partial charge in [-0.25, -0.2) is 22.5 Å². The molecule has 0 spiro atoms. The van der Waals surface area contributed by atoms with Gasteiger partial charge in [-0.15, -0.1) is 0 Å². The van der Waals surface area contributed by atoms with E-state index in [1.165, 1.54) is 5.57 Å². The van der Waals surface area contributed by atoms with E-state index < -0.39 is 20.9 Å². The quantitative estimate of drug-likeness (QED) is 0.265. The van der Waals surface area contributed by atoms with E-state index in [4.69, 9.17) is 16.9 Å². The van der Waals surface area contributed by atoms with Crippen LogP contribution in [-0.2, 0) is 23.0 Å². The summed E-state index contributed by atoms with van der Waals surface area (Å²) in [7, 11) is -3.43. The number of imidazole rings is 1. The van der Waals surface area contributed by atoms with Crippen LogP contribution in [0.1, 0.15) is 64.9 Å². The minimum Gasteiger partial charge on any atom is -0.383 e. The molecule has 6 N–H and O–H groups in total. The first-order chi connectivity index (χ1) is 14.8. The van der Waals surface area contributed by atoms with Gasteiger partial charge in [-0.3, -0.25) is 5.41 Å². The van der Waals surface area contributed by atoms with Gasteiger partial charge in [-0.2, -0.15) is 0 Å². The number of hydrogen-bond donors (Lipinski definition) is 4. The van der Waals surface area contributed by atoms with Crippen molar-refractivity contribution in [3.8, 4) is 0 Å². The van der Waals surface area contributed by atoms with Crippen molar-refractivity contribution in [2.75, 3.05) is 12.3 Å². The maximum Gasteiger partial charge on any atom is 0.216 e. The smallest absolute Gasteiger partial charge is 0.216 e. The number of anilines is 1. The molecule has 0 radical (unpaired) electrons. The summed E-state index contributed by atoms with van der Waals surface area (Å²) >= 11 is 0. The van der Waals surface area contributed by atoms with Crippen LogP contribution >= 0.6 is 0 Å². The highest BCUT2D eigenvalue weighted by Gasteiger charge is 2.31. The van der Waals surface area contributed by atoms with Gasteiger partial charge in [-0.1, -0.05) is 24.1 Å². The Kier molecular flexibility index (Phi) is 6.86. The molecule has 1 heterocycles. The van der Waals surface area contributed by atoms with Crippen molar-refractivity contribution in [1.82, 2.24) is 14.3 Å². The van der Waals surface area contributed by atoms with E-state index in [2.05, 4.69) is 16.6 Å². The number of allylic oxidation sites excluding steroid dienone is 4. The van der Waals surface area contributed by atoms with E-state index in [1.54, 1.807) is 25.3 Å². The van der Waals surface area contributed by atoms with Crippen molar-refractivity contribution in [3.05, 3.63) is 34.3 Å². The third kappa shape index (κ3) is 4.91. The van der Waals surface area contributed by atoms with Gasteiger partial charge < -0.3 is 16.0 Å². The Balaban J connectivity index is 1.79. The lowest BCUT2D eigenvalue weighted by Crippen LogP contribution is -2.40. The van der Waals surface area contributed by atoms with Gasteiger partial charge >= 0.3 is 0 Å². The lowest BCUT2D eigenvalue weighted by molar-refractivity contribution is 0.384. The van der Waals surface area contributed by atoms with Crippen molar-refractivity contribution in [2.45, 2.75) is 77.3 Å². The third-order valence-electron chi connectivity index (χ3n) is 6.33. The normalized spacial score (nSPS) is 21.6. The number of nitrogen functional groups attached to an aromatic ring is 2. The molecule has 3 rings (SSSR count). The maximum absolute atomic E-state index is 14.3. The van der Waals surface area contributed by atoms with Gasteiger partial charge in [0.15, 0.2) is 0 Å². The number of hydrogen-bond acceptors (Lipinski definition) is 5. The molecule has 0 aromatic carbocycles. The molecule has 10 heteroatoms. The van der Waals surface area contributed by atoms with Crippen LogP contribution in [-0.4, -0.2) is 41.3 Å². The van der Waals surface area contributed by atoms with Crippen molar-refractivity contribution in [3.63, 3.8) is 0 Å². The Hall–Kier alpha value is -2.20. The molecular formula is C22H35FN6O2S. The second-order valence-electron chi connectivity index (χ2n) is 9.76. The molecule has 32 heavy (non-hydrogen) atoms. The predicted octanol–water partition coefficient (Wildman–Crippen LogP) is 2.79. The summed E-state index contributed by atoms with van der Waals surface area (Å²) in [6, 6.07) is 0. The van der Waals surface area contributed by atoms with Crippen LogP contribution in [0.15, 0.2) is 22.8 Å². The standard InChI is InChI=1S/C22H35FN6O2S/c1-13-10-14-6-7-17(23)16(14)11-15(13)12-18-28-19(20(24)25)21(26)29(18)9-5-8-27-32(30,31)22(2,3)4/h11,13,17,27H,5-10,12,26H2,1-4H3,(H3,24,25). The number of rotatable bonds is 8. The lowest BCUT2D eigenvalue weighted by atomic mass is 9.84. The zero-order valence-electron chi connectivity index (χ0n) is 19.3. The number of halogens is 1. The molecule has 8 nitrogen and oxygen atoms in total. The van der Waals surface area contributed by atoms with E-state index in [9.17, 15) is 12.8 Å². The largest absolute Gasteiger partial charge is 0.383 e. The number of nitrogens with two attached hydrogens (primary N) is 2. The molecular weight excluding hydrogens is 431 g/mol. The first-order valence-corrected chi connectivity index (χ1v) is 12.5. The highest BCUT2D eigenvalue weighted by atomic mass is 32.2. The summed E-state index contributed by atoms with van der Waals surface area (Å²) in [6.07, 6.45) is 4.29. The number of nitrogens with one attached hydrogen (secondary N) is 2. The molecule has 178 valence electrons. The van der Waals surface area contributed by atoms with Crippen LogP contribution in [0.25, 0.3) is 0 Å². The molecule has 2 unspecified atom stereocenters. The molecule has 0 amide bonds. The zero-order chi connectivity index (χ0) is 23.8. The molecule has 2 aliphatic rings. The van der Waals surface area contributed by atoms with Gasteiger partial charge in [0.05, 0.1) is 4.75 Å². The highest BCUT2D eigenvalue weighted by molar-refractivity contribution is 7.90. The number of aromatic nitrogens is 2. The Morgan fingerprint density at radius 3 is 2.72 bits per heavy atom. The van der Waals surface area contributed by atoms with E-state index in [1.807, 2.05) is 6.08 Å². The molecule has 0 saturated carbocycles. The first-order valence-electron chi connectivity index (χ1n) is 11.1. The Bertz CT molecular complexity index is 1060. The zero-order valence-corrected chi connectivity index (χ0v) is 20.2. The van der Waals surface area contributed by atoms with Crippen molar-refractivity contribution < 1.29 is 12.8 Å². The summed E-state index contributed by atoms with van der Waals surface area (Å²) in [6.45, 7) is 7.75. The lowest BCUT2D eigenvalue weighted by Gasteiger charge is -2.23. The van der Waals surface area contributed by atoms with Gasteiger partial charge in [0.25, 0.3) is 0 Å². The van der Waals surface area contributed by atoms with Crippen molar-refractivity contribution >= 4 is 21.7 Å². The SMILES string of the molecule is CC1CC2=C(C=C1Cc1nc(C(=N)N)c(N)n1CCCNS(=O)(=O)C(C)(C)C)C(F)CC2. The average Bonchev–Trinajstić information content (AvgIpc) is 3.18. The molecule has 2 atom stereocenters. The molecule has 0 fully saturated rings. The summed E-state index contributed by atoms with van der Waals surface area (Å²) in [5.41, 5.74) is 15.3. The van der Waals surface area contributed by atoms with Gasteiger partial charge in [-0.05, 0) is 57.9 Å². The minimum atomic E-state index is -3.43. The average molecular weight is 467 g/mol. The van der Waals surface area contributed by atoms with Crippen LogP contribution in [0.5, 0.6) is 0 Å². The highest BCUT2D eigenvalue weighted by Crippen LogP contribution is 2.41. The summed E-state index contributed by atoms with van der Waals surface area (Å²) in [4.78, 5) is 4.51. The number of nitrogens with zero attached hydrogens (tertiary/aromatic N) is 2. The number of sulfonamides is 1. The topological polar surface area (TPSA) is 140 Å². The van der Waals surface area contributed by atoms with Gasteiger partial charge in [0.1, 0.15) is 29.3 Å². The number of amidine groups is 1. The molecule has 2 aliphatic carbocycles. The number of alkyl halides is 1. The van der Waals surface area contributed by atoms with Crippen molar-refractivity contribution in [2.24, 2.45) is 11.7 Å². The van der Waals surface area contributed by atoms with E-state index >= 15 is 0 Å². The maximum atomic E-state index is 14.3. The third-order valence-corrected chi connectivity index (χ3v) is 8.53. The first kappa shape index (κ1) is 24.4. The Morgan fingerprint density at radius 1 is 1.41 bits per heavy atom. The minimum absolute atomic E-state index is 0.216. The molecule has 1 aromatic heterocycles. The van der Waals surface area contributed by atoms with E-state index in [0.29, 0.717) is 37.4 Å². The van der Waals surface area contributed by atoms with Crippen LogP contribution in [0.4, 0.5) is 10.2 Å². The van der Waals surface area contributed by atoms with Crippen molar-refractivity contribution in [1.29, 1.82) is 5.41 Å². The second kappa shape index (κ2) is 8.97. The van der Waals surface area contributed by atoms with Crippen LogP contribution < -0.4 is 16.2 Å². The summed E-state index contributed by atoms with van der Waals surface area (Å²) in [5, 5.41) is 7.79. The van der Waals surface area contributed by atoms with Crippen LogP contribution in [0, 0.1) is 11.3 Å². The summed E-state index contributed by atoms with van der Waals surface area (Å²) in [5.74, 6) is 0.998. The molecule has 0 bridgehead atoms. The van der Waals surface area contributed by atoms with Gasteiger partial charge in [0, 0.05) is 19.5 Å². The van der Waals surface area contributed by atoms with Gasteiger partial charge in [0.2, 0.25) is 10.0 Å². The van der Waals surface area contributed by atoms with E-state index in [-0.39, 0.29) is 24.0 Å². The van der Waals surface area contributed by atoms with E-state index in [0.717, 1.165) is 24.0 Å². The fourth-order valence-corrected chi connectivity index (χ4v) is 5.09. The summed E-state index contributed by atoms with van der Waals surface area (Å²) < 4.78 is 42.4.